The first-order valence-corrected chi connectivity index (χ1v) is 11.1. The number of para-hydroxylation sites is 1. The zero-order chi connectivity index (χ0) is 23.1. The van der Waals surface area contributed by atoms with Gasteiger partial charge in [0.15, 0.2) is 5.82 Å². The Bertz CT molecular complexity index is 1360. The van der Waals surface area contributed by atoms with Crippen molar-refractivity contribution in [3.8, 4) is 0 Å². The number of anilines is 2. The minimum atomic E-state index is -0.953. The Morgan fingerprint density at radius 3 is 2.36 bits per heavy atom. The number of fused-ring (bicyclic) bond motifs is 2. The summed E-state index contributed by atoms with van der Waals surface area (Å²) in [5.74, 6) is -0.0624. The van der Waals surface area contributed by atoms with E-state index in [-0.39, 0.29) is 11.6 Å². The number of aromatic nitrogens is 2. The van der Waals surface area contributed by atoms with Gasteiger partial charge in [-0.25, -0.2) is 14.8 Å². The number of aryl methyl sites for hydroxylation is 2. The molecule has 0 aliphatic carbocycles. The summed E-state index contributed by atoms with van der Waals surface area (Å²) in [5.41, 5.74) is 8.16. The molecule has 0 saturated carbocycles. The molecule has 2 N–H and O–H groups in total. The molecule has 0 spiro atoms. The highest BCUT2D eigenvalue weighted by Crippen LogP contribution is 2.33. The summed E-state index contributed by atoms with van der Waals surface area (Å²) in [6.45, 7) is 7.72. The fourth-order valence-corrected chi connectivity index (χ4v) is 4.63. The van der Waals surface area contributed by atoms with Crippen LogP contribution >= 0.6 is 0 Å². The van der Waals surface area contributed by atoms with Crippen LogP contribution in [0.3, 0.4) is 0 Å². The highest BCUT2D eigenvalue weighted by molar-refractivity contribution is 5.94. The van der Waals surface area contributed by atoms with Gasteiger partial charge in [-0.3, -0.25) is 0 Å². The number of hydrogen-bond donors (Lipinski definition) is 2. The van der Waals surface area contributed by atoms with Crippen LogP contribution in [0.5, 0.6) is 0 Å². The largest absolute Gasteiger partial charge is 0.478 e. The second kappa shape index (κ2) is 8.20. The Balaban J connectivity index is 1.55. The van der Waals surface area contributed by atoms with Gasteiger partial charge in [0, 0.05) is 24.3 Å². The normalized spacial score (nSPS) is 13.7. The predicted molar refractivity (Wildman–Crippen MR) is 131 cm³/mol. The molecule has 1 aromatic heterocycles. The summed E-state index contributed by atoms with van der Waals surface area (Å²) >= 11 is 0. The third-order valence-corrected chi connectivity index (χ3v) is 6.23. The Morgan fingerprint density at radius 2 is 1.67 bits per heavy atom. The quantitative estimate of drug-likeness (QED) is 0.420. The molecule has 33 heavy (non-hydrogen) atoms. The number of hydrogen-bond acceptors (Lipinski definition) is 5. The summed E-state index contributed by atoms with van der Waals surface area (Å²) in [5, 5.41) is 12.9. The van der Waals surface area contributed by atoms with Crippen molar-refractivity contribution in [2.45, 2.75) is 39.9 Å². The molecule has 6 nitrogen and oxygen atoms in total. The van der Waals surface area contributed by atoms with Crippen molar-refractivity contribution in [3.63, 3.8) is 0 Å². The van der Waals surface area contributed by atoms with Crippen LogP contribution in [0.4, 0.5) is 11.5 Å². The van der Waals surface area contributed by atoms with Crippen molar-refractivity contribution in [1.82, 2.24) is 9.97 Å². The van der Waals surface area contributed by atoms with Crippen LogP contribution in [-0.4, -0.2) is 21.0 Å². The minimum Gasteiger partial charge on any atom is -0.478 e. The fraction of sp³-hybridized carbons (Fsp3) is 0.222. The van der Waals surface area contributed by atoms with E-state index in [1.54, 1.807) is 18.2 Å². The van der Waals surface area contributed by atoms with E-state index in [9.17, 15) is 9.90 Å². The van der Waals surface area contributed by atoms with Crippen LogP contribution < -0.4 is 10.2 Å². The highest BCUT2D eigenvalue weighted by atomic mass is 16.4. The first-order valence-electron chi connectivity index (χ1n) is 11.1. The lowest BCUT2D eigenvalue weighted by molar-refractivity contribution is 0.0698. The second-order valence-electron chi connectivity index (χ2n) is 8.70. The first-order chi connectivity index (χ1) is 15.9. The van der Waals surface area contributed by atoms with Gasteiger partial charge in [-0.1, -0.05) is 42.5 Å². The molecule has 1 aliphatic rings. The monoisotopic (exact) mass is 438 g/mol. The molecular weight excluding hydrogens is 412 g/mol. The van der Waals surface area contributed by atoms with Gasteiger partial charge >= 0.3 is 5.97 Å². The first kappa shape index (κ1) is 20.9. The van der Waals surface area contributed by atoms with Gasteiger partial charge in [0.05, 0.1) is 28.3 Å². The lowest BCUT2D eigenvalue weighted by atomic mass is 10.0. The van der Waals surface area contributed by atoms with Gasteiger partial charge in [0.1, 0.15) is 0 Å². The molecule has 0 fully saturated rings. The molecule has 0 bridgehead atoms. The lowest BCUT2D eigenvalue weighted by Gasteiger charge is -2.22. The number of nitrogens with one attached hydrogen (secondary N) is 1. The van der Waals surface area contributed by atoms with E-state index in [0.717, 1.165) is 46.8 Å². The van der Waals surface area contributed by atoms with E-state index >= 15 is 0 Å². The molecule has 1 unspecified atom stereocenters. The summed E-state index contributed by atoms with van der Waals surface area (Å²) in [6, 6.07) is 19.5. The van der Waals surface area contributed by atoms with E-state index in [0.29, 0.717) is 5.69 Å². The smallest absolute Gasteiger partial charge is 0.337 e. The Kier molecular flexibility index (Phi) is 5.21. The van der Waals surface area contributed by atoms with E-state index in [1.807, 2.05) is 26.8 Å². The van der Waals surface area contributed by atoms with Crippen molar-refractivity contribution in [1.29, 1.82) is 0 Å². The highest BCUT2D eigenvalue weighted by Gasteiger charge is 2.23. The second-order valence-corrected chi connectivity index (χ2v) is 8.70. The number of carboxylic acids is 1. The number of aromatic carboxylic acids is 1. The predicted octanol–water partition coefficient (Wildman–Crippen LogP) is 5.64. The number of rotatable bonds is 5. The molecule has 4 aromatic rings. The average molecular weight is 439 g/mol. The Morgan fingerprint density at radius 1 is 1.00 bits per heavy atom. The average Bonchev–Trinajstić information content (AvgIpc) is 3.22. The molecule has 2 heterocycles. The van der Waals surface area contributed by atoms with Crippen LogP contribution in [0, 0.1) is 13.8 Å². The summed E-state index contributed by atoms with van der Waals surface area (Å²) < 4.78 is 0. The van der Waals surface area contributed by atoms with Crippen LogP contribution in [0.2, 0.25) is 0 Å². The maximum absolute atomic E-state index is 11.7. The molecule has 0 radical (unpaired) electrons. The molecule has 0 saturated heterocycles. The van der Waals surface area contributed by atoms with Gasteiger partial charge < -0.3 is 15.3 Å². The van der Waals surface area contributed by atoms with Crippen LogP contribution in [-0.2, 0) is 13.1 Å². The number of carboxylic acid groups (broad SMARTS) is 1. The van der Waals surface area contributed by atoms with E-state index in [4.69, 9.17) is 9.97 Å². The van der Waals surface area contributed by atoms with Crippen molar-refractivity contribution in [3.05, 3.63) is 94.2 Å². The van der Waals surface area contributed by atoms with E-state index in [1.165, 1.54) is 11.1 Å². The SMILES string of the molecule is Cc1cc(C(C)Nc2ccccc2C(=O)O)c2nc(N3Cc4ccccc4C3)c(C)nc2c1. The van der Waals surface area contributed by atoms with Crippen LogP contribution in [0.1, 0.15) is 51.3 Å². The molecule has 1 aliphatic heterocycles. The molecule has 1 atom stereocenters. The maximum Gasteiger partial charge on any atom is 0.337 e. The van der Waals surface area contributed by atoms with Gasteiger partial charge in [0.2, 0.25) is 0 Å². The number of benzene rings is 3. The number of nitrogens with zero attached hydrogens (tertiary/aromatic N) is 3. The minimum absolute atomic E-state index is 0.159. The molecule has 3 aromatic carbocycles. The number of carbonyl (C=O) groups is 1. The van der Waals surface area contributed by atoms with Gasteiger partial charge in [-0.2, -0.15) is 0 Å². The van der Waals surface area contributed by atoms with Crippen molar-refractivity contribution in [2.24, 2.45) is 0 Å². The Labute approximate surface area is 192 Å². The zero-order valence-electron chi connectivity index (χ0n) is 19.0. The van der Waals surface area contributed by atoms with E-state index in [2.05, 4.69) is 46.6 Å². The standard InChI is InChI=1S/C27H26N4O2/c1-16-12-22(17(2)28-23-11-7-6-10-21(23)27(32)33)25-24(13-16)29-18(3)26(30-25)31-14-19-8-4-5-9-20(19)15-31/h4-13,17,28H,14-15H2,1-3H3,(H,32,33). The van der Waals surface area contributed by atoms with Crippen molar-refractivity contribution < 1.29 is 9.90 Å². The summed E-state index contributed by atoms with van der Waals surface area (Å²) in [6.07, 6.45) is 0. The van der Waals surface area contributed by atoms with Crippen molar-refractivity contribution >= 4 is 28.5 Å². The molecule has 6 heteroatoms. The molecule has 166 valence electrons. The van der Waals surface area contributed by atoms with Gasteiger partial charge in [-0.05, 0) is 55.7 Å². The third kappa shape index (κ3) is 3.89. The van der Waals surface area contributed by atoms with Gasteiger partial charge in [-0.15, -0.1) is 0 Å². The zero-order valence-corrected chi connectivity index (χ0v) is 19.0. The summed E-state index contributed by atoms with van der Waals surface area (Å²) in [4.78, 5) is 24.0. The summed E-state index contributed by atoms with van der Waals surface area (Å²) in [7, 11) is 0. The van der Waals surface area contributed by atoms with E-state index < -0.39 is 5.97 Å². The Hall–Kier alpha value is -3.93. The van der Waals surface area contributed by atoms with Crippen molar-refractivity contribution in [2.75, 3.05) is 10.2 Å². The van der Waals surface area contributed by atoms with Crippen LogP contribution in [0.25, 0.3) is 11.0 Å². The molecule has 0 amide bonds. The van der Waals surface area contributed by atoms with Gasteiger partial charge in [0.25, 0.3) is 0 Å². The fourth-order valence-electron chi connectivity index (χ4n) is 4.63. The molecule has 5 rings (SSSR count). The lowest BCUT2D eigenvalue weighted by Crippen LogP contribution is -2.19. The topological polar surface area (TPSA) is 78.3 Å². The third-order valence-electron chi connectivity index (χ3n) is 6.23. The maximum atomic E-state index is 11.7. The molecular formula is C27H26N4O2. The van der Waals surface area contributed by atoms with Crippen LogP contribution in [0.15, 0.2) is 60.7 Å².